The predicted molar refractivity (Wildman–Crippen MR) is 100 cm³/mol. The molecule has 1 aromatic carbocycles. The molecule has 1 saturated carbocycles. The molecule has 1 aliphatic carbocycles. The average Bonchev–Trinajstić information content (AvgIpc) is 3.26. The summed E-state index contributed by atoms with van der Waals surface area (Å²) in [5.74, 6) is 0.446. The van der Waals surface area contributed by atoms with Crippen molar-refractivity contribution in [3.05, 3.63) is 35.4 Å². The second-order valence-electron chi connectivity index (χ2n) is 7.10. The molecule has 0 N–H and O–H groups in total. The minimum atomic E-state index is -0.236. The van der Waals surface area contributed by atoms with Crippen molar-refractivity contribution in [1.82, 2.24) is 24.6 Å². The molecule has 0 unspecified atom stereocenters. The molecule has 2 aliphatic rings. The highest BCUT2D eigenvalue weighted by Gasteiger charge is 2.29. The maximum absolute atomic E-state index is 13.3. The van der Waals surface area contributed by atoms with Gasteiger partial charge in [0.05, 0.1) is 17.4 Å². The molecule has 136 valence electrons. The summed E-state index contributed by atoms with van der Waals surface area (Å²) in [4.78, 5) is 9.12. The molecule has 0 radical (unpaired) electrons. The number of rotatable bonds is 5. The van der Waals surface area contributed by atoms with Crippen LogP contribution in [0.5, 0.6) is 0 Å². The van der Waals surface area contributed by atoms with Crippen LogP contribution in [-0.4, -0.2) is 57.4 Å². The highest BCUT2D eigenvalue weighted by molar-refractivity contribution is 7.15. The number of piperazine rings is 1. The number of imidazole rings is 1. The van der Waals surface area contributed by atoms with E-state index in [9.17, 15) is 4.39 Å². The van der Waals surface area contributed by atoms with Crippen LogP contribution in [-0.2, 0) is 6.54 Å². The van der Waals surface area contributed by atoms with Gasteiger partial charge in [-0.3, -0.25) is 4.90 Å². The Bertz CT molecular complexity index is 909. The lowest BCUT2D eigenvalue weighted by Crippen LogP contribution is -2.47. The lowest BCUT2D eigenvalue weighted by atomic mass is 10.3. The van der Waals surface area contributed by atoms with Crippen LogP contribution >= 0.6 is 11.3 Å². The second-order valence-corrected chi connectivity index (χ2v) is 8.08. The first-order valence-electron chi connectivity index (χ1n) is 9.17. The number of hydrogen-bond donors (Lipinski definition) is 0. The van der Waals surface area contributed by atoms with Gasteiger partial charge < -0.3 is 9.47 Å². The highest BCUT2D eigenvalue weighted by atomic mass is 32.1. The van der Waals surface area contributed by atoms with Crippen molar-refractivity contribution in [2.75, 3.05) is 37.6 Å². The quantitative estimate of drug-likeness (QED) is 0.689. The molecule has 2 aromatic heterocycles. The first kappa shape index (κ1) is 16.1. The van der Waals surface area contributed by atoms with E-state index in [1.807, 2.05) is 6.07 Å². The van der Waals surface area contributed by atoms with Gasteiger partial charge in [-0.25, -0.2) is 9.37 Å². The van der Waals surface area contributed by atoms with E-state index in [0.717, 1.165) is 55.4 Å². The van der Waals surface area contributed by atoms with E-state index in [0.29, 0.717) is 5.92 Å². The summed E-state index contributed by atoms with van der Waals surface area (Å²) in [5, 5.41) is 11.0. The Hall–Kier alpha value is -2.06. The Balaban J connectivity index is 1.16. The first-order valence-corrected chi connectivity index (χ1v) is 9.99. The number of halogens is 1. The number of aromatic nitrogens is 4. The van der Waals surface area contributed by atoms with Crippen molar-refractivity contribution in [3.8, 4) is 0 Å². The van der Waals surface area contributed by atoms with E-state index in [1.165, 1.54) is 30.0 Å². The minimum absolute atomic E-state index is 0.236. The maximum atomic E-state index is 13.3. The fourth-order valence-electron chi connectivity index (χ4n) is 3.48. The van der Waals surface area contributed by atoms with Crippen LogP contribution in [0.4, 0.5) is 9.52 Å². The van der Waals surface area contributed by atoms with E-state index in [1.54, 1.807) is 17.7 Å². The van der Waals surface area contributed by atoms with E-state index < -0.39 is 0 Å². The lowest BCUT2D eigenvalue weighted by Gasteiger charge is -2.34. The zero-order valence-electron chi connectivity index (χ0n) is 14.5. The molecule has 3 heterocycles. The van der Waals surface area contributed by atoms with Crippen molar-refractivity contribution in [2.45, 2.75) is 25.3 Å². The van der Waals surface area contributed by atoms with Crippen LogP contribution < -0.4 is 4.90 Å². The van der Waals surface area contributed by atoms with Crippen LogP contribution in [0.1, 0.15) is 23.8 Å². The number of fused-ring (bicyclic) bond motifs is 1. The van der Waals surface area contributed by atoms with E-state index >= 15 is 0 Å². The summed E-state index contributed by atoms with van der Waals surface area (Å²) in [7, 11) is 0. The van der Waals surface area contributed by atoms with Gasteiger partial charge in [0.1, 0.15) is 10.8 Å². The number of nitrogens with zero attached hydrogens (tertiary/aromatic N) is 6. The fourth-order valence-corrected chi connectivity index (χ4v) is 4.54. The minimum Gasteiger partial charge on any atom is -0.344 e. The third kappa shape index (κ3) is 3.19. The van der Waals surface area contributed by atoms with Crippen LogP contribution in [0.2, 0.25) is 0 Å². The summed E-state index contributed by atoms with van der Waals surface area (Å²) in [6, 6.07) is 4.79. The van der Waals surface area contributed by atoms with Crippen molar-refractivity contribution in [1.29, 1.82) is 0 Å². The van der Waals surface area contributed by atoms with Gasteiger partial charge in [-0.2, -0.15) is 0 Å². The normalized spacial score (nSPS) is 18.7. The Kier molecular flexibility index (Phi) is 4.09. The van der Waals surface area contributed by atoms with Crippen molar-refractivity contribution in [3.63, 3.8) is 0 Å². The fraction of sp³-hybridized carbons (Fsp3) is 0.500. The van der Waals surface area contributed by atoms with Crippen LogP contribution in [0.15, 0.2) is 24.5 Å². The Morgan fingerprint density at radius 1 is 1.08 bits per heavy atom. The molecular formula is C18H21FN6S. The number of anilines is 1. The molecule has 26 heavy (non-hydrogen) atoms. The average molecular weight is 372 g/mol. The summed E-state index contributed by atoms with van der Waals surface area (Å²) in [6.07, 6.45) is 4.36. The highest BCUT2D eigenvalue weighted by Crippen LogP contribution is 2.42. The van der Waals surface area contributed by atoms with Gasteiger partial charge in [-0.15, -0.1) is 10.2 Å². The smallest absolute Gasteiger partial charge is 0.208 e. The third-order valence-corrected chi connectivity index (χ3v) is 6.39. The molecule has 6 nitrogen and oxygen atoms in total. The molecule has 8 heteroatoms. The van der Waals surface area contributed by atoms with Crippen molar-refractivity contribution < 1.29 is 4.39 Å². The van der Waals surface area contributed by atoms with E-state index in [2.05, 4.69) is 29.5 Å². The summed E-state index contributed by atoms with van der Waals surface area (Å²) in [6.45, 7) is 5.89. The zero-order chi connectivity index (χ0) is 17.5. The Labute approximate surface area is 155 Å². The van der Waals surface area contributed by atoms with Gasteiger partial charge in [0.15, 0.2) is 0 Å². The standard InChI is InChI=1S/C18H21FN6S/c19-14-3-4-16-15(11-14)20-12-25(16)10-7-23-5-8-24(9-6-23)18-22-21-17(26-18)13-1-2-13/h3-4,11-13H,1-2,5-10H2. The molecule has 2 fully saturated rings. The Morgan fingerprint density at radius 2 is 1.92 bits per heavy atom. The maximum Gasteiger partial charge on any atom is 0.208 e. The first-order chi connectivity index (χ1) is 12.8. The van der Waals surface area contributed by atoms with E-state index in [4.69, 9.17) is 0 Å². The van der Waals surface area contributed by atoms with Gasteiger partial charge in [0.25, 0.3) is 0 Å². The Morgan fingerprint density at radius 3 is 2.73 bits per heavy atom. The van der Waals surface area contributed by atoms with Crippen LogP contribution in [0, 0.1) is 5.82 Å². The van der Waals surface area contributed by atoms with Gasteiger partial charge in [0, 0.05) is 51.3 Å². The molecule has 0 spiro atoms. The summed E-state index contributed by atoms with van der Waals surface area (Å²) < 4.78 is 15.4. The summed E-state index contributed by atoms with van der Waals surface area (Å²) >= 11 is 1.77. The van der Waals surface area contributed by atoms with Crippen molar-refractivity contribution in [2.24, 2.45) is 0 Å². The predicted octanol–water partition coefficient (Wildman–Crippen LogP) is 2.73. The molecular weight excluding hydrogens is 351 g/mol. The second kappa shape index (κ2) is 6.59. The van der Waals surface area contributed by atoms with Crippen LogP contribution in [0.3, 0.4) is 0 Å². The molecule has 0 amide bonds. The number of hydrogen-bond acceptors (Lipinski definition) is 6. The van der Waals surface area contributed by atoms with Crippen molar-refractivity contribution >= 4 is 27.5 Å². The molecule has 3 aromatic rings. The van der Waals surface area contributed by atoms with Gasteiger partial charge in [-0.1, -0.05) is 11.3 Å². The SMILES string of the molecule is Fc1ccc2c(c1)ncn2CCN1CCN(c2nnc(C3CC3)s2)CC1. The monoisotopic (exact) mass is 372 g/mol. The van der Waals surface area contributed by atoms with Gasteiger partial charge in [0.2, 0.25) is 5.13 Å². The topological polar surface area (TPSA) is 50.1 Å². The summed E-state index contributed by atoms with van der Waals surface area (Å²) in [5.41, 5.74) is 1.71. The van der Waals surface area contributed by atoms with E-state index in [-0.39, 0.29) is 5.82 Å². The number of benzene rings is 1. The molecule has 0 bridgehead atoms. The molecule has 5 rings (SSSR count). The lowest BCUT2D eigenvalue weighted by molar-refractivity contribution is 0.249. The molecule has 1 aliphatic heterocycles. The third-order valence-electron chi connectivity index (χ3n) is 5.24. The van der Waals surface area contributed by atoms with Crippen LogP contribution in [0.25, 0.3) is 11.0 Å². The molecule has 1 saturated heterocycles. The van der Waals surface area contributed by atoms with Gasteiger partial charge >= 0.3 is 0 Å². The molecule has 0 atom stereocenters. The largest absolute Gasteiger partial charge is 0.344 e. The zero-order valence-corrected chi connectivity index (χ0v) is 15.3. The van der Waals surface area contributed by atoms with Gasteiger partial charge in [-0.05, 0) is 25.0 Å².